The number of hydrogen-bond acceptors (Lipinski definition) is 2. The summed E-state index contributed by atoms with van der Waals surface area (Å²) in [7, 11) is 0. The van der Waals surface area contributed by atoms with Crippen LogP contribution in [0.1, 0.15) is 30.9 Å². The molecule has 0 atom stereocenters. The number of para-hydroxylation sites is 1. The fourth-order valence-corrected chi connectivity index (χ4v) is 2.68. The fraction of sp³-hybridized carbons (Fsp3) is 0.368. The molecule has 21 heavy (non-hydrogen) atoms. The van der Waals surface area contributed by atoms with Crippen molar-refractivity contribution in [1.29, 1.82) is 0 Å². The van der Waals surface area contributed by atoms with E-state index < -0.39 is 0 Å². The summed E-state index contributed by atoms with van der Waals surface area (Å²) in [5, 5.41) is 3.63. The molecule has 0 radical (unpaired) electrons. The Morgan fingerprint density at radius 1 is 1.05 bits per heavy atom. The van der Waals surface area contributed by atoms with E-state index >= 15 is 0 Å². The van der Waals surface area contributed by atoms with Crippen LogP contribution >= 0.6 is 0 Å². The van der Waals surface area contributed by atoms with Crippen LogP contribution in [0.25, 0.3) is 0 Å². The van der Waals surface area contributed by atoms with Crippen LogP contribution in [0.5, 0.6) is 0 Å². The zero-order valence-electron chi connectivity index (χ0n) is 13.0. The van der Waals surface area contributed by atoms with Crippen molar-refractivity contribution in [2.24, 2.45) is 0 Å². The minimum atomic E-state index is 0.743. The molecule has 0 heterocycles. The summed E-state index contributed by atoms with van der Waals surface area (Å²) in [4.78, 5) is 2.39. The van der Waals surface area contributed by atoms with E-state index in [0.29, 0.717) is 0 Å². The Bertz CT molecular complexity index is 585. The average molecular weight is 280 g/mol. The lowest BCUT2D eigenvalue weighted by Gasteiger charge is -2.26. The summed E-state index contributed by atoms with van der Waals surface area (Å²) in [6.45, 7) is 6.28. The molecule has 1 fully saturated rings. The van der Waals surface area contributed by atoms with Crippen molar-refractivity contribution in [3.63, 3.8) is 0 Å². The van der Waals surface area contributed by atoms with Crippen molar-refractivity contribution in [3.05, 3.63) is 59.7 Å². The molecule has 0 saturated heterocycles. The van der Waals surface area contributed by atoms with E-state index in [1.54, 1.807) is 0 Å². The molecule has 1 N–H and O–H groups in total. The zero-order chi connectivity index (χ0) is 14.7. The van der Waals surface area contributed by atoms with Crippen LogP contribution in [0.2, 0.25) is 0 Å². The van der Waals surface area contributed by atoms with E-state index in [1.165, 1.54) is 35.3 Å². The van der Waals surface area contributed by atoms with E-state index in [9.17, 15) is 0 Å². The van der Waals surface area contributed by atoms with Gasteiger partial charge in [0, 0.05) is 30.5 Å². The number of hydrogen-bond donors (Lipinski definition) is 1. The third-order valence-electron chi connectivity index (χ3n) is 4.10. The Kier molecular flexibility index (Phi) is 4.26. The van der Waals surface area contributed by atoms with Gasteiger partial charge in [-0.3, -0.25) is 0 Å². The first-order valence-electron chi connectivity index (χ1n) is 7.93. The Morgan fingerprint density at radius 3 is 2.43 bits per heavy atom. The minimum absolute atomic E-state index is 0.743. The number of benzene rings is 2. The van der Waals surface area contributed by atoms with Gasteiger partial charge in [-0.2, -0.15) is 0 Å². The number of anilines is 2. The number of nitrogens with zero attached hydrogens (tertiary/aromatic N) is 1. The van der Waals surface area contributed by atoms with Gasteiger partial charge >= 0.3 is 0 Å². The van der Waals surface area contributed by atoms with Crippen molar-refractivity contribution in [1.82, 2.24) is 5.32 Å². The van der Waals surface area contributed by atoms with Gasteiger partial charge in [-0.25, -0.2) is 0 Å². The van der Waals surface area contributed by atoms with Crippen LogP contribution in [-0.2, 0) is 6.54 Å². The first-order valence-corrected chi connectivity index (χ1v) is 7.93. The molecule has 1 aliphatic rings. The summed E-state index contributed by atoms with van der Waals surface area (Å²) in [6, 6.07) is 18.3. The average Bonchev–Trinajstić information content (AvgIpc) is 3.33. The number of nitrogens with one attached hydrogen (secondary N) is 1. The SMILES string of the molecule is CCN(c1ccc(C)cc1)c1ccccc1CNC1CC1. The molecular formula is C19H24N2. The minimum Gasteiger partial charge on any atom is -0.342 e. The second-order valence-corrected chi connectivity index (χ2v) is 5.86. The van der Waals surface area contributed by atoms with Gasteiger partial charge in [0.1, 0.15) is 0 Å². The van der Waals surface area contributed by atoms with Gasteiger partial charge in [0.05, 0.1) is 0 Å². The highest BCUT2D eigenvalue weighted by atomic mass is 15.1. The third-order valence-corrected chi connectivity index (χ3v) is 4.10. The summed E-state index contributed by atoms with van der Waals surface area (Å²) in [5.74, 6) is 0. The lowest BCUT2D eigenvalue weighted by molar-refractivity contribution is 0.687. The molecule has 1 saturated carbocycles. The summed E-state index contributed by atoms with van der Waals surface area (Å²) in [5.41, 5.74) is 5.27. The van der Waals surface area contributed by atoms with E-state index in [2.05, 4.69) is 72.6 Å². The number of rotatable bonds is 6. The van der Waals surface area contributed by atoms with Crippen molar-refractivity contribution in [3.8, 4) is 0 Å². The van der Waals surface area contributed by atoms with Crippen LogP contribution in [0, 0.1) is 6.92 Å². The van der Waals surface area contributed by atoms with Gasteiger partial charge in [0.25, 0.3) is 0 Å². The molecular weight excluding hydrogens is 256 g/mol. The maximum atomic E-state index is 3.63. The quantitative estimate of drug-likeness (QED) is 0.843. The van der Waals surface area contributed by atoms with Crippen molar-refractivity contribution < 1.29 is 0 Å². The lowest BCUT2D eigenvalue weighted by Crippen LogP contribution is -2.21. The van der Waals surface area contributed by atoms with Crippen LogP contribution in [0.15, 0.2) is 48.5 Å². The molecule has 0 unspecified atom stereocenters. The Labute approximate surface area is 127 Å². The topological polar surface area (TPSA) is 15.3 Å². The maximum absolute atomic E-state index is 3.63. The third kappa shape index (κ3) is 3.45. The molecule has 2 aromatic carbocycles. The summed E-state index contributed by atoms with van der Waals surface area (Å²) < 4.78 is 0. The monoisotopic (exact) mass is 280 g/mol. The molecule has 2 aromatic rings. The Morgan fingerprint density at radius 2 is 1.76 bits per heavy atom. The van der Waals surface area contributed by atoms with Crippen LogP contribution in [0.3, 0.4) is 0 Å². The highest BCUT2D eigenvalue weighted by Crippen LogP contribution is 2.29. The van der Waals surface area contributed by atoms with Gasteiger partial charge in [0.15, 0.2) is 0 Å². The molecule has 110 valence electrons. The van der Waals surface area contributed by atoms with E-state index in [4.69, 9.17) is 0 Å². The molecule has 0 aromatic heterocycles. The zero-order valence-corrected chi connectivity index (χ0v) is 13.0. The molecule has 0 spiro atoms. The molecule has 2 nitrogen and oxygen atoms in total. The highest BCUT2D eigenvalue weighted by Gasteiger charge is 2.21. The van der Waals surface area contributed by atoms with Gasteiger partial charge in [-0.05, 0) is 50.5 Å². The summed E-state index contributed by atoms with van der Waals surface area (Å²) >= 11 is 0. The first-order chi connectivity index (χ1) is 10.3. The second-order valence-electron chi connectivity index (χ2n) is 5.86. The largest absolute Gasteiger partial charge is 0.342 e. The molecule has 0 aliphatic heterocycles. The molecule has 1 aliphatic carbocycles. The molecule has 0 bridgehead atoms. The van der Waals surface area contributed by atoms with Gasteiger partial charge in [-0.15, -0.1) is 0 Å². The Hall–Kier alpha value is -1.80. The standard InChI is InChI=1S/C19H24N2/c1-3-21(18-12-8-15(2)9-13-18)19-7-5-4-6-16(19)14-20-17-10-11-17/h4-9,12-13,17,20H,3,10-11,14H2,1-2H3. The van der Waals surface area contributed by atoms with Gasteiger partial charge in [0.2, 0.25) is 0 Å². The normalized spacial score (nSPS) is 14.2. The molecule has 0 amide bonds. The predicted octanol–water partition coefficient (Wildman–Crippen LogP) is 4.41. The highest BCUT2D eigenvalue weighted by molar-refractivity contribution is 5.66. The van der Waals surface area contributed by atoms with E-state index in [0.717, 1.165) is 19.1 Å². The summed E-state index contributed by atoms with van der Waals surface area (Å²) in [6.07, 6.45) is 2.66. The second kappa shape index (κ2) is 6.31. The van der Waals surface area contributed by atoms with Crippen molar-refractivity contribution in [2.75, 3.05) is 11.4 Å². The smallest absolute Gasteiger partial charge is 0.0456 e. The van der Waals surface area contributed by atoms with Crippen molar-refractivity contribution in [2.45, 2.75) is 39.3 Å². The van der Waals surface area contributed by atoms with Crippen LogP contribution < -0.4 is 10.2 Å². The van der Waals surface area contributed by atoms with E-state index in [-0.39, 0.29) is 0 Å². The maximum Gasteiger partial charge on any atom is 0.0456 e. The van der Waals surface area contributed by atoms with Gasteiger partial charge in [-0.1, -0.05) is 35.9 Å². The van der Waals surface area contributed by atoms with Crippen LogP contribution in [0.4, 0.5) is 11.4 Å². The predicted molar refractivity (Wildman–Crippen MR) is 90.2 cm³/mol. The fourth-order valence-electron chi connectivity index (χ4n) is 2.68. The van der Waals surface area contributed by atoms with Crippen molar-refractivity contribution >= 4 is 11.4 Å². The van der Waals surface area contributed by atoms with Crippen LogP contribution in [-0.4, -0.2) is 12.6 Å². The molecule has 2 heteroatoms. The van der Waals surface area contributed by atoms with Gasteiger partial charge < -0.3 is 10.2 Å². The Balaban J connectivity index is 1.86. The molecule has 3 rings (SSSR count). The number of aryl methyl sites for hydroxylation is 1. The van der Waals surface area contributed by atoms with E-state index in [1.807, 2.05) is 0 Å². The lowest BCUT2D eigenvalue weighted by atomic mass is 10.1. The first kappa shape index (κ1) is 14.2.